The van der Waals surface area contributed by atoms with E-state index in [-0.39, 0.29) is 38.3 Å². The SMILES string of the molecule is CCCCC/C=C\C/C=C\C/C=C\CC1OC1CCCC(=O)O[C@H](COC(=O)CCCCCCCCC/C=C\C/C=C\CCCCC)COP(=O)([O-])OCC[N+](C)(C)C. The molecule has 1 saturated heterocycles. The van der Waals surface area contributed by atoms with E-state index in [0.29, 0.717) is 23.9 Å². The Morgan fingerprint density at radius 2 is 1.14 bits per heavy atom. The number of allylic oxidation sites excluding steroid dienone is 9. The zero-order valence-corrected chi connectivity index (χ0v) is 38.8. The fourth-order valence-corrected chi connectivity index (χ4v) is 6.91. The minimum absolute atomic E-state index is 0.0490. The zero-order valence-electron chi connectivity index (χ0n) is 37.9. The van der Waals surface area contributed by atoms with Gasteiger partial charge in [-0.05, 0) is 83.5 Å². The number of unbranched alkanes of at least 4 members (excludes halogenated alkanes) is 13. The molecule has 340 valence electrons. The molecule has 1 fully saturated rings. The molecule has 1 rings (SSSR count). The molecule has 3 unspecified atom stereocenters. The largest absolute Gasteiger partial charge is 0.756 e. The number of hydrogen-bond acceptors (Lipinski definition) is 9. The first kappa shape index (κ1) is 54.7. The number of hydrogen-bond donors (Lipinski definition) is 0. The number of rotatable bonds is 40. The van der Waals surface area contributed by atoms with E-state index in [0.717, 1.165) is 64.2 Å². The Labute approximate surface area is 360 Å². The Hall–Kier alpha value is -2.33. The van der Waals surface area contributed by atoms with Crippen LogP contribution in [0.1, 0.15) is 168 Å². The molecule has 0 spiro atoms. The maximum absolute atomic E-state index is 12.8. The van der Waals surface area contributed by atoms with Gasteiger partial charge in [-0.3, -0.25) is 14.2 Å². The van der Waals surface area contributed by atoms with Crippen molar-refractivity contribution < 1.29 is 46.8 Å². The van der Waals surface area contributed by atoms with Gasteiger partial charge in [0.2, 0.25) is 0 Å². The highest BCUT2D eigenvalue weighted by Gasteiger charge is 2.36. The lowest BCUT2D eigenvalue weighted by molar-refractivity contribution is -0.870. The quantitative estimate of drug-likeness (QED) is 0.0148. The summed E-state index contributed by atoms with van der Waals surface area (Å²) in [6, 6.07) is 0. The molecule has 0 bridgehead atoms. The Balaban J connectivity index is 2.33. The fourth-order valence-electron chi connectivity index (χ4n) is 6.18. The predicted molar refractivity (Wildman–Crippen MR) is 240 cm³/mol. The average molecular weight is 850 g/mol. The summed E-state index contributed by atoms with van der Waals surface area (Å²) in [6.45, 7) is 4.07. The molecular weight excluding hydrogens is 766 g/mol. The number of epoxide rings is 1. The smallest absolute Gasteiger partial charge is 0.306 e. The second-order valence-electron chi connectivity index (χ2n) is 16.8. The van der Waals surface area contributed by atoms with Crippen molar-refractivity contribution in [1.29, 1.82) is 0 Å². The van der Waals surface area contributed by atoms with E-state index in [2.05, 4.69) is 74.6 Å². The van der Waals surface area contributed by atoms with Crippen LogP contribution < -0.4 is 4.89 Å². The monoisotopic (exact) mass is 850 g/mol. The van der Waals surface area contributed by atoms with Crippen molar-refractivity contribution in [1.82, 2.24) is 0 Å². The van der Waals surface area contributed by atoms with Crippen LogP contribution in [-0.2, 0) is 37.4 Å². The third kappa shape index (κ3) is 37.2. The van der Waals surface area contributed by atoms with Gasteiger partial charge in [0.25, 0.3) is 7.82 Å². The molecule has 10 nitrogen and oxygen atoms in total. The van der Waals surface area contributed by atoms with Gasteiger partial charge in [0.05, 0.1) is 40.0 Å². The Kier molecular flexibility index (Phi) is 33.7. The molecule has 0 radical (unpaired) electrons. The first-order valence-corrected chi connectivity index (χ1v) is 24.6. The van der Waals surface area contributed by atoms with Crippen molar-refractivity contribution in [2.24, 2.45) is 0 Å². The third-order valence-corrected chi connectivity index (χ3v) is 10.9. The molecule has 0 N–H and O–H groups in total. The third-order valence-electron chi connectivity index (χ3n) is 9.93. The lowest BCUT2D eigenvalue weighted by Crippen LogP contribution is -2.37. The molecule has 59 heavy (non-hydrogen) atoms. The van der Waals surface area contributed by atoms with Crippen molar-refractivity contribution in [3.8, 4) is 0 Å². The minimum Gasteiger partial charge on any atom is -0.756 e. The summed E-state index contributed by atoms with van der Waals surface area (Å²) in [5.41, 5.74) is 0. The van der Waals surface area contributed by atoms with Gasteiger partial charge in [-0.15, -0.1) is 0 Å². The lowest BCUT2D eigenvalue weighted by Gasteiger charge is -2.28. The van der Waals surface area contributed by atoms with Crippen LogP contribution in [0.2, 0.25) is 0 Å². The van der Waals surface area contributed by atoms with Crippen molar-refractivity contribution in [3.05, 3.63) is 60.8 Å². The number of phosphoric ester groups is 1. The number of nitrogens with zero attached hydrogens (tertiary/aromatic N) is 1. The van der Waals surface area contributed by atoms with Gasteiger partial charge < -0.3 is 32.6 Å². The van der Waals surface area contributed by atoms with Crippen LogP contribution >= 0.6 is 7.82 Å². The molecule has 1 heterocycles. The molecule has 4 atom stereocenters. The van der Waals surface area contributed by atoms with Crippen LogP contribution in [0.4, 0.5) is 0 Å². The number of carbonyl (C=O) groups excluding carboxylic acids is 2. The molecule has 0 aromatic rings. The first-order chi connectivity index (χ1) is 28.5. The van der Waals surface area contributed by atoms with Crippen molar-refractivity contribution in [3.63, 3.8) is 0 Å². The summed E-state index contributed by atoms with van der Waals surface area (Å²) >= 11 is 0. The number of likely N-dealkylation sites (N-methyl/N-ethyl adjacent to an activating group) is 1. The normalized spacial score (nSPS) is 17.5. The summed E-state index contributed by atoms with van der Waals surface area (Å²) in [5, 5.41) is 0. The number of quaternary nitrogens is 1. The predicted octanol–water partition coefficient (Wildman–Crippen LogP) is 11.6. The van der Waals surface area contributed by atoms with Gasteiger partial charge in [0.1, 0.15) is 19.8 Å². The summed E-state index contributed by atoms with van der Waals surface area (Å²) in [5.74, 6) is -0.923. The molecule has 11 heteroatoms. The molecule has 1 aliphatic rings. The molecule has 0 aromatic carbocycles. The fraction of sp³-hybridized carbons (Fsp3) is 0.750. The van der Waals surface area contributed by atoms with E-state index in [1.807, 2.05) is 21.1 Å². The van der Waals surface area contributed by atoms with Crippen molar-refractivity contribution in [2.45, 2.75) is 186 Å². The Morgan fingerprint density at radius 1 is 0.627 bits per heavy atom. The maximum Gasteiger partial charge on any atom is 0.306 e. The van der Waals surface area contributed by atoms with Crippen LogP contribution in [-0.4, -0.2) is 82.2 Å². The minimum atomic E-state index is -4.66. The van der Waals surface area contributed by atoms with Crippen LogP contribution in [0.25, 0.3) is 0 Å². The van der Waals surface area contributed by atoms with E-state index in [1.165, 1.54) is 64.2 Å². The summed E-state index contributed by atoms with van der Waals surface area (Å²) < 4.78 is 39.7. The van der Waals surface area contributed by atoms with Gasteiger partial charge in [0, 0.05) is 12.8 Å². The van der Waals surface area contributed by atoms with E-state index in [1.54, 1.807) is 0 Å². The second kappa shape index (κ2) is 36.3. The lowest BCUT2D eigenvalue weighted by atomic mass is 10.1. The van der Waals surface area contributed by atoms with Crippen molar-refractivity contribution in [2.75, 3.05) is 47.5 Å². The van der Waals surface area contributed by atoms with Gasteiger partial charge in [-0.2, -0.15) is 0 Å². The van der Waals surface area contributed by atoms with Gasteiger partial charge in [-0.25, -0.2) is 0 Å². The number of ether oxygens (including phenoxy) is 3. The second-order valence-corrected chi connectivity index (χ2v) is 18.2. The maximum atomic E-state index is 12.8. The molecule has 0 aliphatic carbocycles. The number of phosphoric acid groups is 1. The van der Waals surface area contributed by atoms with Crippen molar-refractivity contribution >= 4 is 19.8 Å². The summed E-state index contributed by atoms with van der Waals surface area (Å²) in [7, 11) is 1.10. The average Bonchev–Trinajstić information content (AvgIpc) is 3.94. The Morgan fingerprint density at radius 3 is 1.71 bits per heavy atom. The summed E-state index contributed by atoms with van der Waals surface area (Å²) in [4.78, 5) is 37.7. The van der Waals surface area contributed by atoms with E-state index in [4.69, 9.17) is 23.3 Å². The molecule has 0 saturated carbocycles. The molecule has 0 aromatic heterocycles. The highest BCUT2D eigenvalue weighted by atomic mass is 31.2. The van der Waals surface area contributed by atoms with Gasteiger partial charge in [0.15, 0.2) is 6.10 Å². The van der Waals surface area contributed by atoms with E-state index < -0.39 is 32.5 Å². The first-order valence-electron chi connectivity index (χ1n) is 23.1. The number of esters is 2. The zero-order chi connectivity index (χ0) is 43.3. The Bertz CT molecular complexity index is 1260. The van der Waals surface area contributed by atoms with Crippen LogP contribution in [0.3, 0.4) is 0 Å². The van der Waals surface area contributed by atoms with Gasteiger partial charge >= 0.3 is 11.9 Å². The highest BCUT2D eigenvalue weighted by molar-refractivity contribution is 7.45. The number of carbonyl (C=O) groups is 2. The van der Waals surface area contributed by atoms with E-state index in [9.17, 15) is 19.0 Å². The van der Waals surface area contributed by atoms with Crippen LogP contribution in [0.15, 0.2) is 60.8 Å². The van der Waals surface area contributed by atoms with E-state index >= 15 is 0 Å². The van der Waals surface area contributed by atoms with Gasteiger partial charge in [-0.1, -0.05) is 132 Å². The molecular formula is C48H84NO9P. The highest BCUT2D eigenvalue weighted by Crippen LogP contribution is 2.38. The molecule has 0 amide bonds. The topological polar surface area (TPSA) is 124 Å². The van der Waals surface area contributed by atoms with Crippen LogP contribution in [0.5, 0.6) is 0 Å². The van der Waals surface area contributed by atoms with Crippen LogP contribution in [0, 0.1) is 0 Å². The molecule has 1 aliphatic heterocycles. The summed E-state index contributed by atoms with van der Waals surface area (Å²) in [6.07, 6.45) is 45.5. The standard InChI is InChI=1S/C48H84NO9P/c1-6-8-10-12-14-16-18-20-21-22-23-24-26-28-30-32-34-38-47(50)54-42-44(43-56-59(52,53)55-41-40-49(3,4)5)57-48(51)39-35-37-46-45(58-46)36-33-31-29-27-25-19-17-15-13-11-9-7-2/h14-17,20-21,25,27,31,33,44-46H,6-13,18-19,22-24,26,28-30,32,34-43H2,1-5H3/b16-14-,17-15-,21-20-,27-25-,33-31-/t44-,45?,46?/m1/s1.